The lowest BCUT2D eigenvalue weighted by molar-refractivity contribution is -0.254. The monoisotopic (exact) mass is 347 g/mol. The molecule has 0 fully saturated rings. The van der Waals surface area contributed by atoms with Crippen molar-refractivity contribution < 1.29 is 19.4 Å². The second-order valence-corrected chi connectivity index (χ2v) is 6.47. The van der Waals surface area contributed by atoms with E-state index in [0.717, 1.165) is 28.2 Å². The molecule has 0 saturated heterocycles. The number of amides is 1. The molecule has 128 valence electrons. The number of rotatable bonds is 7. The number of carboxylic acids is 1. The zero-order chi connectivity index (χ0) is 17.7. The molecule has 0 radical (unpaired) electrons. The zero-order valence-electron chi connectivity index (χ0n) is 13.8. The number of nitrogens with one attached hydrogen (secondary N) is 1. The van der Waals surface area contributed by atoms with Crippen LogP contribution in [0, 0.1) is 20.8 Å². The lowest BCUT2D eigenvalue weighted by Gasteiger charge is -2.11. The first-order valence-electron chi connectivity index (χ1n) is 7.52. The number of nitrogens with zero attached hydrogens (tertiary/aromatic N) is 1. The highest BCUT2D eigenvalue weighted by atomic mass is 32.1. The predicted molar refractivity (Wildman–Crippen MR) is 89.3 cm³/mol. The van der Waals surface area contributed by atoms with Gasteiger partial charge in [0, 0.05) is 0 Å². The highest BCUT2D eigenvalue weighted by molar-refractivity contribution is 7.13. The molecule has 7 heteroatoms. The third-order valence-electron chi connectivity index (χ3n) is 3.57. The van der Waals surface area contributed by atoms with E-state index in [1.165, 1.54) is 0 Å². The summed E-state index contributed by atoms with van der Waals surface area (Å²) in [4.78, 5) is 26.9. The molecule has 1 heterocycles. The Morgan fingerprint density at radius 2 is 2.04 bits per heavy atom. The van der Waals surface area contributed by atoms with Crippen molar-refractivity contribution in [3.8, 4) is 5.75 Å². The van der Waals surface area contributed by atoms with Gasteiger partial charge in [-0.25, -0.2) is 4.98 Å². The second kappa shape index (κ2) is 7.92. The Bertz CT molecular complexity index is 755. The summed E-state index contributed by atoms with van der Waals surface area (Å²) in [6.07, 6.45) is 0.0439. The number of carbonyl (C=O) groups excluding carboxylic acids is 2. The summed E-state index contributed by atoms with van der Waals surface area (Å²) in [5.41, 5.74) is 2.61. The van der Waals surface area contributed by atoms with Crippen molar-refractivity contribution in [2.24, 2.45) is 0 Å². The summed E-state index contributed by atoms with van der Waals surface area (Å²) in [6, 6.07) is 5.83. The molecule has 2 aromatic rings. The Balaban J connectivity index is 1.78. The molecule has 1 aromatic heterocycles. The summed E-state index contributed by atoms with van der Waals surface area (Å²) >= 11 is 0.970. The average molecular weight is 347 g/mol. The molecular weight excluding hydrogens is 328 g/mol. The lowest BCUT2D eigenvalue weighted by atomic mass is 10.1. The van der Waals surface area contributed by atoms with Gasteiger partial charge < -0.3 is 20.0 Å². The van der Waals surface area contributed by atoms with Crippen LogP contribution in [0.15, 0.2) is 18.2 Å². The Hall–Kier alpha value is -2.41. The first kappa shape index (κ1) is 17.9. The van der Waals surface area contributed by atoms with Crippen LogP contribution in [0.3, 0.4) is 0 Å². The molecule has 24 heavy (non-hydrogen) atoms. The first-order valence-corrected chi connectivity index (χ1v) is 8.33. The van der Waals surface area contributed by atoms with Gasteiger partial charge in [0.15, 0.2) is 0 Å². The number of ether oxygens (including phenoxy) is 1. The average Bonchev–Trinajstić information content (AvgIpc) is 2.88. The number of hydrogen-bond acceptors (Lipinski definition) is 6. The summed E-state index contributed by atoms with van der Waals surface area (Å²) < 4.78 is 5.66. The van der Waals surface area contributed by atoms with E-state index in [4.69, 9.17) is 4.74 Å². The van der Waals surface area contributed by atoms with E-state index >= 15 is 0 Å². The summed E-state index contributed by atoms with van der Waals surface area (Å²) in [5.74, 6) is -0.685. The van der Waals surface area contributed by atoms with Crippen LogP contribution in [-0.2, 0) is 11.2 Å². The number of carbonyl (C=O) groups is 2. The Morgan fingerprint density at radius 3 is 2.71 bits per heavy atom. The molecule has 0 aliphatic rings. The summed E-state index contributed by atoms with van der Waals surface area (Å²) in [6.45, 7) is 6.31. The fourth-order valence-corrected chi connectivity index (χ4v) is 3.05. The Labute approximate surface area is 144 Å². The fourth-order valence-electron chi connectivity index (χ4n) is 2.15. The van der Waals surface area contributed by atoms with E-state index in [1.807, 2.05) is 32.0 Å². The van der Waals surface area contributed by atoms with Crippen LogP contribution >= 0.6 is 11.3 Å². The number of hydrogen-bond donors (Lipinski definition) is 1. The molecule has 0 spiro atoms. The highest BCUT2D eigenvalue weighted by Crippen LogP contribution is 2.20. The number of benzene rings is 1. The largest absolute Gasteiger partial charge is 0.544 e. The van der Waals surface area contributed by atoms with Crippen LogP contribution in [0.5, 0.6) is 5.75 Å². The maximum Gasteiger partial charge on any atom is 0.226 e. The topological polar surface area (TPSA) is 91.3 Å². The minimum atomic E-state index is -1.27. The molecule has 0 bridgehead atoms. The standard InChI is InChI=1S/C17H20N2O4S/c1-10-5-4-6-13(11(10)2)23-8-7-18-14(20)9-15-19-12(3)16(24-15)17(21)22/h4-6H,7-9H2,1-3H3,(H,18,20)(H,21,22)/p-1. The van der Waals surface area contributed by atoms with Crippen LogP contribution in [0.4, 0.5) is 0 Å². The molecule has 0 unspecified atom stereocenters. The van der Waals surface area contributed by atoms with E-state index in [9.17, 15) is 14.7 Å². The number of aromatic carboxylic acids is 1. The van der Waals surface area contributed by atoms with E-state index in [1.54, 1.807) is 6.92 Å². The van der Waals surface area contributed by atoms with Gasteiger partial charge in [-0.3, -0.25) is 4.79 Å². The first-order chi connectivity index (χ1) is 11.4. The van der Waals surface area contributed by atoms with E-state index in [-0.39, 0.29) is 17.2 Å². The number of aromatic nitrogens is 1. The summed E-state index contributed by atoms with van der Waals surface area (Å²) in [5, 5.41) is 14.1. The molecular formula is C17H19N2O4S-. The number of thiazole rings is 1. The Morgan fingerprint density at radius 1 is 1.29 bits per heavy atom. The van der Waals surface area contributed by atoms with Gasteiger partial charge in [0.2, 0.25) is 5.91 Å². The molecule has 0 saturated carbocycles. The van der Waals surface area contributed by atoms with Gasteiger partial charge in [0.1, 0.15) is 17.4 Å². The normalized spacial score (nSPS) is 10.5. The van der Waals surface area contributed by atoms with Gasteiger partial charge in [0.05, 0.1) is 29.5 Å². The maximum absolute atomic E-state index is 11.9. The van der Waals surface area contributed by atoms with Crippen molar-refractivity contribution in [3.05, 3.63) is 44.9 Å². The van der Waals surface area contributed by atoms with Crippen molar-refractivity contribution >= 4 is 23.2 Å². The molecule has 0 atom stereocenters. The van der Waals surface area contributed by atoms with E-state index < -0.39 is 5.97 Å². The molecule has 2 rings (SSSR count). The van der Waals surface area contributed by atoms with Gasteiger partial charge in [-0.15, -0.1) is 11.3 Å². The third kappa shape index (κ3) is 4.55. The van der Waals surface area contributed by atoms with Crippen LogP contribution in [-0.4, -0.2) is 30.0 Å². The van der Waals surface area contributed by atoms with Crippen molar-refractivity contribution in [3.63, 3.8) is 0 Å². The predicted octanol–water partition coefficient (Wildman–Crippen LogP) is 1.17. The van der Waals surface area contributed by atoms with Gasteiger partial charge >= 0.3 is 0 Å². The maximum atomic E-state index is 11.9. The third-order valence-corrected chi connectivity index (χ3v) is 4.71. The van der Waals surface area contributed by atoms with Gasteiger partial charge in [-0.05, 0) is 38.0 Å². The zero-order valence-corrected chi connectivity index (χ0v) is 14.7. The minimum Gasteiger partial charge on any atom is -0.544 e. The van der Waals surface area contributed by atoms with E-state index in [0.29, 0.717) is 23.9 Å². The van der Waals surface area contributed by atoms with Crippen LogP contribution in [0.25, 0.3) is 0 Å². The smallest absolute Gasteiger partial charge is 0.226 e. The van der Waals surface area contributed by atoms with Crippen LogP contribution in [0.2, 0.25) is 0 Å². The fraction of sp³-hybridized carbons (Fsp3) is 0.353. The van der Waals surface area contributed by atoms with Crippen LogP contribution < -0.4 is 15.2 Å². The molecule has 0 aliphatic carbocycles. The SMILES string of the molecule is Cc1cccc(OCCNC(=O)Cc2nc(C)c(C(=O)[O-])s2)c1C. The molecule has 1 aromatic carbocycles. The van der Waals surface area contributed by atoms with Crippen molar-refractivity contribution in [1.29, 1.82) is 0 Å². The summed E-state index contributed by atoms with van der Waals surface area (Å²) in [7, 11) is 0. The number of carboxylic acid groups (broad SMARTS) is 1. The van der Waals surface area contributed by atoms with E-state index in [2.05, 4.69) is 10.3 Å². The highest BCUT2D eigenvalue weighted by Gasteiger charge is 2.12. The molecule has 1 amide bonds. The Kier molecular flexibility index (Phi) is 5.92. The van der Waals surface area contributed by atoms with Crippen molar-refractivity contribution in [2.45, 2.75) is 27.2 Å². The second-order valence-electron chi connectivity index (χ2n) is 5.38. The van der Waals surface area contributed by atoms with Gasteiger partial charge in [-0.1, -0.05) is 12.1 Å². The van der Waals surface area contributed by atoms with Crippen molar-refractivity contribution in [2.75, 3.05) is 13.2 Å². The quantitative estimate of drug-likeness (QED) is 0.759. The van der Waals surface area contributed by atoms with Crippen LogP contribution in [0.1, 0.15) is 31.5 Å². The molecule has 0 aliphatic heterocycles. The molecule has 6 nitrogen and oxygen atoms in total. The molecule has 1 N–H and O–H groups in total. The van der Waals surface area contributed by atoms with Gasteiger partial charge in [-0.2, -0.15) is 0 Å². The van der Waals surface area contributed by atoms with Gasteiger partial charge in [0.25, 0.3) is 0 Å². The lowest BCUT2D eigenvalue weighted by Crippen LogP contribution is -2.29. The number of aryl methyl sites for hydroxylation is 2. The minimum absolute atomic E-state index is 0.0439. The van der Waals surface area contributed by atoms with Crippen molar-refractivity contribution in [1.82, 2.24) is 10.3 Å².